The van der Waals surface area contributed by atoms with Gasteiger partial charge >= 0.3 is 5.97 Å². The van der Waals surface area contributed by atoms with Gasteiger partial charge in [-0.05, 0) is 37.1 Å². The molecule has 0 aliphatic carbocycles. The molecule has 0 aliphatic heterocycles. The van der Waals surface area contributed by atoms with Crippen LogP contribution >= 0.6 is 0 Å². The van der Waals surface area contributed by atoms with Gasteiger partial charge in [0.15, 0.2) is 0 Å². The van der Waals surface area contributed by atoms with Crippen LogP contribution in [-0.4, -0.2) is 32.7 Å². The van der Waals surface area contributed by atoms with Crippen molar-refractivity contribution in [3.63, 3.8) is 0 Å². The van der Waals surface area contributed by atoms with Crippen molar-refractivity contribution >= 4 is 5.97 Å². The predicted octanol–water partition coefficient (Wildman–Crippen LogP) is 2.06. The zero-order valence-electron chi connectivity index (χ0n) is 12.4. The Labute approximate surface area is 123 Å². The smallest absolute Gasteiger partial charge is 0.338 e. The third-order valence-electron chi connectivity index (χ3n) is 3.10. The summed E-state index contributed by atoms with van der Waals surface area (Å²) in [6, 6.07) is 6.96. The van der Waals surface area contributed by atoms with Gasteiger partial charge < -0.3 is 9.84 Å². The Morgan fingerprint density at radius 1 is 1.33 bits per heavy atom. The highest BCUT2D eigenvalue weighted by Crippen LogP contribution is 2.21. The van der Waals surface area contributed by atoms with Crippen molar-refractivity contribution in [3.05, 3.63) is 41.2 Å². The van der Waals surface area contributed by atoms with Gasteiger partial charge in [0.05, 0.1) is 30.2 Å². The molecule has 112 valence electrons. The van der Waals surface area contributed by atoms with Gasteiger partial charge in [-0.25, -0.2) is 9.48 Å². The molecule has 21 heavy (non-hydrogen) atoms. The predicted molar refractivity (Wildman–Crippen MR) is 77.3 cm³/mol. The maximum atomic E-state index is 11.6. The van der Waals surface area contributed by atoms with Gasteiger partial charge in [-0.15, -0.1) is 5.10 Å². The van der Waals surface area contributed by atoms with E-state index in [1.807, 2.05) is 13.8 Å². The van der Waals surface area contributed by atoms with E-state index in [0.29, 0.717) is 17.9 Å². The first-order valence-corrected chi connectivity index (χ1v) is 6.91. The Hall–Kier alpha value is -2.21. The number of esters is 1. The van der Waals surface area contributed by atoms with Crippen molar-refractivity contribution in [2.24, 2.45) is 0 Å². The summed E-state index contributed by atoms with van der Waals surface area (Å²) in [7, 11) is 0. The van der Waals surface area contributed by atoms with Crippen LogP contribution < -0.4 is 0 Å². The molecule has 6 nitrogen and oxygen atoms in total. The van der Waals surface area contributed by atoms with Crippen LogP contribution in [0.4, 0.5) is 0 Å². The average Bonchev–Trinajstić information content (AvgIpc) is 2.91. The summed E-state index contributed by atoms with van der Waals surface area (Å²) in [5, 5.41) is 17.4. The zero-order valence-corrected chi connectivity index (χ0v) is 12.4. The Bertz CT molecular complexity index is 618. The molecule has 2 aromatic rings. The molecular formula is C15H19N3O3. The van der Waals surface area contributed by atoms with E-state index in [2.05, 4.69) is 10.3 Å². The largest absolute Gasteiger partial charge is 0.462 e. The molecule has 6 heteroatoms. The number of carbonyl (C=O) groups excluding carboxylic acids is 1. The van der Waals surface area contributed by atoms with Crippen LogP contribution in [0.2, 0.25) is 0 Å². The Kier molecular flexibility index (Phi) is 4.70. The van der Waals surface area contributed by atoms with Crippen molar-refractivity contribution in [3.8, 4) is 5.69 Å². The molecule has 0 amide bonds. The summed E-state index contributed by atoms with van der Waals surface area (Å²) < 4.78 is 6.64. The lowest BCUT2D eigenvalue weighted by atomic mass is 10.1. The molecule has 0 fully saturated rings. The number of benzene rings is 1. The molecule has 0 saturated heterocycles. The second-order valence-corrected chi connectivity index (χ2v) is 4.91. The van der Waals surface area contributed by atoms with Crippen molar-refractivity contribution in [1.82, 2.24) is 15.0 Å². The monoisotopic (exact) mass is 289 g/mol. The van der Waals surface area contributed by atoms with Crippen molar-refractivity contribution in [2.45, 2.75) is 33.3 Å². The fraction of sp³-hybridized carbons (Fsp3) is 0.400. The number of aliphatic hydroxyl groups is 1. The molecule has 0 saturated carbocycles. The van der Waals surface area contributed by atoms with Gasteiger partial charge in [0.1, 0.15) is 5.69 Å². The quantitative estimate of drug-likeness (QED) is 0.852. The molecule has 0 unspecified atom stereocenters. The lowest BCUT2D eigenvalue weighted by Crippen LogP contribution is -2.07. The van der Waals surface area contributed by atoms with Gasteiger partial charge in [0.2, 0.25) is 0 Å². The van der Waals surface area contributed by atoms with Crippen LogP contribution in [0.25, 0.3) is 5.69 Å². The van der Waals surface area contributed by atoms with E-state index >= 15 is 0 Å². The number of ether oxygens (including phenoxy) is 1. The van der Waals surface area contributed by atoms with E-state index in [4.69, 9.17) is 4.74 Å². The maximum Gasteiger partial charge on any atom is 0.338 e. The standard InChI is InChI=1S/C15H19N3O3/c1-4-21-15(20)11-5-7-12(8-6-11)18-14(10(2)3)13(9-19)16-17-18/h5-8,10,19H,4,9H2,1-3H3. The topological polar surface area (TPSA) is 77.2 Å². The number of hydrogen-bond donors (Lipinski definition) is 1. The minimum atomic E-state index is -0.345. The summed E-state index contributed by atoms with van der Waals surface area (Å²) in [6.45, 7) is 6.01. The Morgan fingerprint density at radius 3 is 2.52 bits per heavy atom. The van der Waals surface area contributed by atoms with Crippen molar-refractivity contribution in [2.75, 3.05) is 6.61 Å². The second-order valence-electron chi connectivity index (χ2n) is 4.91. The highest BCUT2D eigenvalue weighted by molar-refractivity contribution is 5.89. The molecule has 2 rings (SSSR count). The SMILES string of the molecule is CCOC(=O)c1ccc(-n2nnc(CO)c2C(C)C)cc1. The van der Waals surface area contributed by atoms with Gasteiger partial charge in [-0.3, -0.25) is 0 Å². The number of rotatable bonds is 5. The van der Waals surface area contributed by atoms with Crippen LogP contribution in [-0.2, 0) is 11.3 Å². The maximum absolute atomic E-state index is 11.6. The molecule has 1 aromatic heterocycles. The minimum absolute atomic E-state index is 0.144. The minimum Gasteiger partial charge on any atom is -0.462 e. The van der Waals surface area contributed by atoms with Crippen molar-refractivity contribution in [1.29, 1.82) is 0 Å². The van der Waals surface area contributed by atoms with Crippen LogP contribution in [0, 0.1) is 0 Å². The number of carbonyl (C=O) groups is 1. The molecule has 0 aliphatic rings. The summed E-state index contributed by atoms with van der Waals surface area (Å²) >= 11 is 0. The van der Waals surface area contributed by atoms with E-state index < -0.39 is 0 Å². The Morgan fingerprint density at radius 2 is 2.00 bits per heavy atom. The third-order valence-corrected chi connectivity index (χ3v) is 3.10. The fourth-order valence-corrected chi connectivity index (χ4v) is 2.15. The molecule has 1 heterocycles. The van der Waals surface area contributed by atoms with Crippen molar-refractivity contribution < 1.29 is 14.6 Å². The van der Waals surface area contributed by atoms with E-state index in [-0.39, 0.29) is 18.5 Å². The van der Waals surface area contributed by atoms with Crippen LogP contribution in [0.1, 0.15) is 48.4 Å². The van der Waals surface area contributed by atoms with Gasteiger partial charge in [0.25, 0.3) is 0 Å². The number of hydrogen-bond acceptors (Lipinski definition) is 5. The first-order valence-electron chi connectivity index (χ1n) is 6.91. The average molecular weight is 289 g/mol. The van der Waals surface area contributed by atoms with E-state index in [1.54, 1.807) is 35.9 Å². The molecule has 0 bridgehead atoms. The number of nitrogens with zero attached hydrogens (tertiary/aromatic N) is 3. The highest BCUT2D eigenvalue weighted by Gasteiger charge is 2.17. The number of aromatic nitrogens is 3. The second kappa shape index (κ2) is 6.49. The van der Waals surface area contributed by atoms with Gasteiger partial charge in [-0.2, -0.15) is 0 Å². The fourth-order valence-electron chi connectivity index (χ4n) is 2.15. The van der Waals surface area contributed by atoms with Crippen LogP contribution in [0.15, 0.2) is 24.3 Å². The first kappa shape index (κ1) is 15.2. The highest BCUT2D eigenvalue weighted by atomic mass is 16.5. The zero-order chi connectivity index (χ0) is 15.4. The summed E-state index contributed by atoms with van der Waals surface area (Å²) in [5.74, 6) is -0.172. The summed E-state index contributed by atoms with van der Waals surface area (Å²) in [6.07, 6.45) is 0. The molecule has 1 N–H and O–H groups in total. The van der Waals surface area contributed by atoms with E-state index in [0.717, 1.165) is 11.4 Å². The van der Waals surface area contributed by atoms with Crippen LogP contribution in [0.5, 0.6) is 0 Å². The van der Waals surface area contributed by atoms with E-state index in [9.17, 15) is 9.90 Å². The van der Waals surface area contributed by atoms with Gasteiger partial charge in [0, 0.05) is 0 Å². The molecule has 0 radical (unpaired) electrons. The van der Waals surface area contributed by atoms with E-state index in [1.165, 1.54) is 0 Å². The molecule has 0 atom stereocenters. The molecule has 0 spiro atoms. The van der Waals surface area contributed by atoms with Crippen LogP contribution in [0.3, 0.4) is 0 Å². The summed E-state index contributed by atoms with van der Waals surface area (Å²) in [5.41, 5.74) is 2.72. The first-order chi connectivity index (χ1) is 10.1. The van der Waals surface area contributed by atoms with Gasteiger partial charge in [-0.1, -0.05) is 19.1 Å². The molecule has 1 aromatic carbocycles. The lowest BCUT2D eigenvalue weighted by molar-refractivity contribution is 0.0526. The lowest BCUT2D eigenvalue weighted by Gasteiger charge is -2.10. The normalized spacial score (nSPS) is 10.9. The number of aliphatic hydroxyl groups excluding tert-OH is 1. The summed E-state index contributed by atoms with van der Waals surface area (Å²) in [4.78, 5) is 11.6. The third kappa shape index (κ3) is 3.11. The molecular weight excluding hydrogens is 270 g/mol. The Balaban J connectivity index is 2.35.